The number of unbranched alkanes of at least 4 members (excludes halogenated alkanes) is 1. The van der Waals surface area contributed by atoms with E-state index in [1.165, 1.54) is 58.5 Å². The molecule has 1 unspecified atom stereocenters. The van der Waals surface area contributed by atoms with E-state index < -0.39 is 0 Å². The Kier molecular flexibility index (Phi) is 12.0. The monoisotopic (exact) mass is 467 g/mol. The Morgan fingerprint density at radius 1 is 1.20 bits per heavy atom. The number of piperazine rings is 1. The maximum atomic E-state index is 5.46. The van der Waals surface area contributed by atoms with E-state index in [-0.39, 0.29) is 24.0 Å². The SMILES string of the molecule is CCN1CCN(CCCCNC(=NC)N(C)CC2CCOC2)CC1.I. The molecule has 2 fully saturated rings. The third-order valence-corrected chi connectivity index (χ3v) is 5.23. The number of nitrogens with one attached hydrogen (secondary N) is 1. The molecule has 2 saturated heterocycles. The lowest BCUT2D eigenvalue weighted by molar-refractivity contribution is 0.136. The summed E-state index contributed by atoms with van der Waals surface area (Å²) in [6, 6.07) is 0. The number of halogens is 1. The van der Waals surface area contributed by atoms with Gasteiger partial charge in [0.2, 0.25) is 0 Å². The van der Waals surface area contributed by atoms with Gasteiger partial charge in [-0.25, -0.2) is 0 Å². The minimum Gasteiger partial charge on any atom is -0.381 e. The van der Waals surface area contributed by atoms with E-state index in [0.29, 0.717) is 5.92 Å². The molecule has 0 saturated carbocycles. The molecular weight excluding hydrogens is 429 g/mol. The molecule has 0 radical (unpaired) electrons. The summed E-state index contributed by atoms with van der Waals surface area (Å²) in [6.07, 6.45) is 3.64. The van der Waals surface area contributed by atoms with Crippen molar-refractivity contribution in [2.24, 2.45) is 10.9 Å². The molecule has 0 aromatic carbocycles. The Hall–Kier alpha value is -0.120. The topological polar surface area (TPSA) is 43.3 Å². The van der Waals surface area contributed by atoms with Crippen LogP contribution in [0.5, 0.6) is 0 Å². The summed E-state index contributed by atoms with van der Waals surface area (Å²) in [6.45, 7) is 13.5. The van der Waals surface area contributed by atoms with Crippen molar-refractivity contribution in [2.45, 2.75) is 26.2 Å². The summed E-state index contributed by atoms with van der Waals surface area (Å²) in [4.78, 5) is 11.8. The maximum Gasteiger partial charge on any atom is 0.193 e. The average molecular weight is 467 g/mol. The second kappa shape index (κ2) is 13.1. The zero-order valence-corrected chi connectivity index (χ0v) is 18.7. The summed E-state index contributed by atoms with van der Waals surface area (Å²) < 4.78 is 5.46. The van der Waals surface area contributed by atoms with E-state index in [4.69, 9.17) is 4.74 Å². The third-order valence-electron chi connectivity index (χ3n) is 5.23. The van der Waals surface area contributed by atoms with Crippen LogP contribution < -0.4 is 5.32 Å². The van der Waals surface area contributed by atoms with Gasteiger partial charge < -0.3 is 24.8 Å². The first kappa shape index (κ1) is 22.9. The van der Waals surface area contributed by atoms with Crippen LogP contribution >= 0.6 is 24.0 Å². The molecule has 2 heterocycles. The van der Waals surface area contributed by atoms with Crippen LogP contribution in [-0.2, 0) is 4.74 Å². The molecule has 0 aliphatic carbocycles. The molecule has 1 atom stereocenters. The first-order chi connectivity index (χ1) is 11.7. The normalized spacial score (nSPS) is 22.7. The highest BCUT2D eigenvalue weighted by atomic mass is 127. The van der Waals surface area contributed by atoms with E-state index in [0.717, 1.165) is 32.3 Å². The average Bonchev–Trinajstić information content (AvgIpc) is 3.11. The Bertz CT molecular complexity index is 368. The molecule has 7 heteroatoms. The predicted octanol–water partition coefficient (Wildman–Crippen LogP) is 1.57. The quantitative estimate of drug-likeness (QED) is 0.254. The van der Waals surface area contributed by atoms with Gasteiger partial charge in [-0.1, -0.05) is 6.92 Å². The van der Waals surface area contributed by atoms with Crippen LogP contribution in [0.15, 0.2) is 4.99 Å². The highest BCUT2D eigenvalue weighted by Crippen LogP contribution is 2.13. The van der Waals surface area contributed by atoms with Crippen molar-refractivity contribution in [3.05, 3.63) is 0 Å². The first-order valence-electron chi connectivity index (χ1n) is 9.67. The van der Waals surface area contributed by atoms with Gasteiger partial charge in [0.05, 0.1) is 6.61 Å². The zero-order chi connectivity index (χ0) is 17.2. The number of aliphatic imine (C=N–C) groups is 1. The number of ether oxygens (including phenoxy) is 1. The predicted molar refractivity (Wildman–Crippen MR) is 116 cm³/mol. The lowest BCUT2D eigenvalue weighted by Crippen LogP contribution is -2.46. The van der Waals surface area contributed by atoms with E-state index in [2.05, 4.69) is 39.0 Å². The van der Waals surface area contributed by atoms with E-state index >= 15 is 0 Å². The van der Waals surface area contributed by atoms with Crippen molar-refractivity contribution in [1.82, 2.24) is 20.0 Å². The third kappa shape index (κ3) is 8.41. The number of nitrogens with zero attached hydrogens (tertiary/aromatic N) is 4. The molecule has 0 amide bonds. The second-order valence-corrected chi connectivity index (χ2v) is 7.07. The van der Waals surface area contributed by atoms with Gasteiger partial charge in [-0.15, -0.1) is 24.0 Å². The summed E-state index contributed by atoms with van der Waals surface area (Å²) in [5.74, 6) is 1.66. The summed E-state index contributed by atoms with van der Waals surface area (Å²) in [7, 11) is 4.00. The number of hydrogen-bond acceptors (Lipinski definition) is 4. The van der Waals surface area contributed by atoms with Crippen molar-refractivity contribution >= 4 is 29.9 Å². The van der Waals surface area contributed by atoms with E-state index in [1.807, 2.05) is 7.05 Å². The van der Waals surface area contributed by atoms with Gasteiger partial charge >= 0.3 is 0 Å². The largest absolute Gasteiger partial charge is 0.381 e. The van der Waals surface area contributed by atoms with Crippen LogP contribution in [0.2, 0.25) is 0 Å². The molecule has 0 aromatic rings. The van der Waals surface area contributed by atoms with Gasteiger partial charge in [0.25, 0.3) is 0 Å². The van der Waals surface area contributed by atoms with Crippen molar-refractivity contribution < 1.29 is 4.74 Å². The standard InChI is InChI=1S/C18H37N5O.HI/c1-4-22-10-12-23(13-11-22)9-6-5-8-20-18(19-2)21(3)15-17-7-14-24-16-17;/h17H,4-16H2,1-3H3,(H,19,20);1H. The number of hydrogen-bond donors (Lipinski definition) is 1. The highest BCUT2D eigenvalue weighted by Gasteiger charge is 2.19. The van der Waals surface area contributed by atoms with Crippen LogP contribution in [0.1, 0.15) is 26.2 Å². The van der Waals surface area contributed by atoms with Gasteiger partial charge in [-0.3, -0.25) is 4.99 Å². The molecule has 2 rings (SSSR count). The van der Waals surface area contributed by atoms with Gasteiger partial charge in [-0.2, -0.15) is 0 Å². The highest BCUT2D eigenvalue weighted by molar-refractivity contribution is 14.0. The fourth-order valence-corrected chi connectivity index (χ4v) is 3.58. The molecule has 0 bridgehead atoms. The number of likely N-dealkylation sites (N-methyl/N-ethyl adjacent to an activating group) is 1. The zero-order valence-electron chi connectivity index (χ0n) is 16.4. The van der Waals surface area contributed by atoms with Crippen molar-refractivity contribution in [3.63, 3.8) is 0 Å². The van der Waals surface area contributed by atoms with Gasteiger partial charge in [0.1, 0.15) is 0 Å². The molecule has 2 aliphatic rings. The maximum absolute atomic E-state index is 5.46. The summed E-state index contributed by atoms with van der Waals surface area (Å²) in [5, 5.41) is 3.51. The molecule has 0 aromatic heterocycles. The molecule has 1 N–H and O–H groups in total. The van der Waals surface area contributed by atoms with Crippen LogP contribution in [0.25, 0.3) is 0 Å². The molecule has 148 valence electrons. The summed E-state index contributed by atoms with van der Waals surface area (Å²) in [5.41, 5.74) is 0. The van der Waals surface area contributed by atoms with Crippen molar-refractivity contribution in [2.75, 3.05) is 79.7 Å². The number of guanidine groups is 1. The molecule has 0 spiro atoms. The molecule has 25 heavy (non-hydrogen) atoms. The van der Waals surface area contributed by atoms with Crippen LogP contribution in [0, 0.1) is 5.92 Å². The molecule has 6 nitrogen and oxygen atoms in total. The van der Waals surface area contributed by atoms with E-state index in [1.54, 1.807) is 0 Å². The first-order valence-corrected chi connectivity index (χ1v) is 9.67. The smallest absolute Gasteiger partial charge is 0.193 e. The molecule has 2 aliphatic heterocycles. The van der Waals surface area contributed by atoms with Gasteiger partial charge in [0, 0.05) is 65.9 Å². The minimum atomic E-state index is 0. The fraction of sp³-hybridized carbons (Fsp3) is 0.944. The van der Waals surface area contributed by atoms with Gasteiger partial charge in [0.15, 0.2) is 5.96 Å². The van der Waals surface area contributed by atoms with Crippen molar-refractivity contribution in [3.8, 4) is 0 Å². The van der Waals surface area contributed by atoms with Crippen LogP contribution in [0.4, 0.5) is 0 Å². The lowest BCUT2D eigenvalue weighted by Gasteiger charge is -2.34. The van der Waals surface area contributed by atoms with Crippen molar-refractivity contribution in [1.29, 1.82) is 0 Å². The second-order valence-electron chi connectivity index (χ2n) is 7.07. The Balaban J connectivity index is 0.00000312. The van der Waals surface area contributed by atoms with Gasteiger partial charge in [-0.05, 0) is 32.4 Å². The fourth-order valence-electron chi connectivity index (χ4n) is 3.58. The van der Waals surface area contributed by atoms with Crippen LogP contribution in [0.3, 0.4) is 0 Å². The minimum absolute atomic E-state index is 0. The Labute approximate surface area is 171 Å². The Morgan fingerprint density at radius 2 is 1.92 bits per heavy atom. The number of rotatable bonds is 8. The summed E-state index contributed by atoms with van der Waals surface area (Å²) >= 11 is 0. The van der Waals surface area contributed by atoms with E-state index in [9.17, 15) is 0 Å². The van der Waals surface area contributed by atoms with Crippen LogP contribution in [-0.4, -0.2) is 100 Å². The lowest BCUT2D eigenvalue weighted by atomic mass is 10.1. The Morgan fingerprint density at radius 3 is 2.52 bits per heavy atom. The molecular formula is C18H38IN5O.